The van der Waals surface area contributed by atoms with Crippen molar-refractivity contribution in [3.63, 3.8) is 0 Å². The van der Waals surface area contributed by atoms with Gasteiger partial charge in [-0.2, -0.15) is 0 Å². The van der Waals surface area contributed by atoms with Crippen molar-refractivity contribution in [3.05, 3.63) is 23.3 Å². The topological polar surface area (TPSA) is 64.8 Å². The number of nitrogens with zero attached hydrogens (tertiary/aromatic N) is 1. The average Bonchev–Trinajstić information content (AvgIpc) is 2.35. The van der Waals surface area contributed by atoms with Crippen LogP contribution in [0, 0.1) is 6.92 Å². The van der Waals surface area contributed by atoms with Crippen LogP contribution < -0.4 is 15.2 Å². The summed E-state index contributed by atoms with van der Waals surface area (Å²) in [6.07, 6.45) is 0.789. The van der Waals surface area contributed by atoms with Crippen LogP contribution in [0.2, 0.25) is 0 Å². The normalized spacial score (nSPS) is 10.6. The van der Waals surface area contributed by atoms with E-state index in [1.165, 1.54) is 0 Å². The molecule has 1 rings (SSSR count). The van der Waals surface area contributed by atoms with Gasteiger partial charge in [0.1, 0.15) is 11.5 Å². The van der Waals surface area contributed by atoms with Crippen LogP contribution in [0.3, 0.4) is 0 Å². The molecule has 2 N–H and O–H groups in total. The van der Waals surface area contributed by atoms with Gasteiger partial charge in [0.2, 0.25) is 5.91 Å². The highest BCUT2D eigenvalue weighted by Gasteiger charge is 2.12. The summed E-state index contributed by atoms with van der Waals surface area (Å²) in [6.45, 7) is 2.97. The fourth-order valence-corrected chi connectivity index (χ4v) is 2.09. The number of methoxy groups -OCH3 is 2. The van der Waals surface area contributed by atoms with Crippen LogP contribution in [-0.2, 0) is 11.2 Å². The molecule has 0 saturated carbocycles. The SMILES string of the molecule is COc1ccc(CCN(C)CC(N)=O)c(OC)c1C. The van der Waals surface area contributed by atoms with Crippen molar-refractivity contribution in [2.45, 2.75) is 13.3 Å². The first kappa shape index (κ1) is 15.3. The number of hydrogen-bond donors (Lipinski definition) is 1. The van der Waals surface area contributed by atoms with Crippen LogP contribution in [0.25, 0.3) is 0 Å². The Morgan fingerprint density at radius 3 is 2.53 bits per heavy atom. The molecule has 106 valence electrons. The first-order chi connectivity index (χ1) is 8.99. The molecule has 0 atom stereocenters. The Kier molecular flexibility index (Phi) is 5.63. The van der Waals surface area contributed by atoms with Gasteiger partial charge in [-0.3, -0.25) is 9.69 Å². The molecule has 1 aromatic rings. The van der Waals surface area contributed by atoms with Gasteiger partial charge < -0.3 is 15.2 Å². The Hall–Kier alpha value is -1.75. The Labute approximate surface area is 114 Å². The number of rotatable bonds is 7. The molecule has 0 heterocycles. The summed E-state index contributed by atoms with van der Waals surface area (Å²) in [4.78, 5) is 12.7. The summed E-state index contributed by atoms with van der Waals surface area (Å²) >= 11 is 0. The molecule has 0 saturated heterocycles. The van der Waals surface area contributed by atoms with Crippen molar-refractivity contribution in [1.82, 2.24) is 4.90 Å². The lowest BCUT2D eigenvalue weighted by Gasteiger charge is -2.17. The molecule has 1 amide bonds. The molecule has 5 nitrogen and oxygen atoms in total. The van der Waals surface area contributed by atoms with Crippen LogP contribution in [-0.4, -0.2) is 45.2 Å². The Morgan fingerprint density at radius 1 is 1.32 bits per heavy atom. The molecule has 0 radical (unpaired) electrons. The molecule has 0 bridgehead atoms. The van der Waals surface area contributed by atoms with E-state index in [1.807, 2.05) is 31.0 Å². The number of hydrogen-bond acceptors (Lipinski definition) is 4. The molecule has 19 heavy (non-hydrogen) atoms. The number of likely N-dealkylation sites (N-methyl/N-ethyl adjacent to an activating group) is 1. The van der Waals surface area contributed by atoms with Crippen LogP contribution in [0.5, 0.6) is 11.5 Å². The zero-order valence-electron chi connectivity index (χ0n) is 12.0. The van der Waals surface area contributed by atoms with Crippen molar-refractivity contribution < 1.29 is 14.3 Å². The van der Waals surface area contributed by atoms with E-state index < -0.39 is 0 Å². The summed E-state index contributed by atoms with van der Waals surface area (Å²) < 4.78 is 10.7. The van der Waals surface area contributed by atoms with Gasteiger partial charge in [0, 0.05) is 12.1 Å². The number of carbonyl (C=O) groups excluding carboxylic acids is 1. The highest BCUT2D eigenvalue weighted by atomic mass is 16.5. The zero-order valence-corrected chi connectivity index (χ0v) is 12.0. The molecule has 1 aromatic carbocycles. The van der Waals surface area contributed by atoms with Gasteiger partial charge >= 0.3 is 0 Å². The number of carbonyl (C=O) groups is 1. The zero-order chi connectivity index (χ0) is 14.4. The molecule has 0 unspecified atom stereocenters. The minimum atomic E-state index is -0.319. The highest BCUT2D eigenvalue weighted by molar-refractivity contribution is 5.75. The van der Waals surface area contributed by atoms with Gasteiger partial charge in [-0.1, -0.05) is 6.07 Å². The maximum Gasteiger partial charge on any atom is 0.231 e. The second-order valence-electron chi connectivity index (χ2n) is 4.54. The number of amides is 1. The lowest BCUT2D eigenvalue weighted by Crippen LogP contribution is -2.32. The van der Waals surface area contributed by atoms with Crippen LogP contribution >= 0.6 is 0 Å². The Bertz CT molecular complexity index is 447. The standard InChI is InChI=1S/C14H22N2O3/c1-10-12(18-3)6-5-11(14(10)19-4)7-8-16(2)9-13(15)17/h5-6H,7-9H2,1-4H3,(H2,15,17). The molecule has 5 heteroatoms. The van der Waals surface area contributed by atoms with Crippen LogP contribution in [0.4, 0.5) is 0 Å². The van der Waals surface area contributed by atoms with E-state index in [2.05, 4.69) is 0 Å². The van der Waals surface area contributed by atoms with E-state index in [-0.39, 0.29) is 12.5 Å². The molecule has 0 aliphatic carbocycles. The predicted molar refractivity (Wildman–Crippen MR) is 74.7 cm³/mol. The van der Waals surface area contributed by atoms with Crippen LogP contribution in [0.15, 0.2) is 12.1 Å². The Morgan fingerprint density at radius 2 is 2.00 bits per heavy atom. The third-order valence-electron chi connectivity index (χ3n) is 3.05. The highest BCUT2D eigenvalue weighted by Crippen LogP contribution is 2.31. The summed E-state index contributed by atoms with van der Waals surface area (Å²) in [6, 6.07) is 3.92. The fourth-order valence-electron chi connectivity index (χ4n) is 2.09. The Balaban J connectivity index is 2.78. The first-order valence-electron chi connectivity index (χ1n) is 6.17. The van der Waals surface area contributed by atoms with Crippen LogP contribution in [0.1, 0.15) is 11.1 Å². The largest absolute Gasteiger partial charge is 0.496 e. The predicted octanol–water partition coefficient (Wildman–Crippen LogP) is 0.972. The average molecular weight is 266 g/mol. The van der Waals surface area contributed by atoms with Gasteiger partial charge in [0.05, 0.1) is 20.8 Å². The van der Waals surface area contributed by atoms with Gasteiger partial charge in [0.25, 0.3) is 0 Å². The third-order valence-corrected chi connectivity index (χ3v) is 3.05. The van der Waals surface area contributed by atoms with Gasteiger partial charge in [0.15, 0.2) is 0 Å². The van der Waals surface area contributed by atoms with E-state index >= 15 is 0 Å². The molecular formula is C14H22N2O3. The van der Waals surface area contributed by atoms with Gasteiger partial charge in [-0.15, -0.1) is 0 Å². The summed E-state index contributed by atoms with van der Waals surface area (Å²) in [7, 11) is 5.16. The molecular weight excluding hydrogens is 244 g/mol. The second-order valence-corrected chi connectivity index (χ2v) is 4.54. The maximum atomic E-state index is 10.8. The summed E-state index contributed by atoms with van der Waals surface area (Å²) in [5.41, 5.74) is 7.24. The number of ether oxygens (including phenoxy) is 2. The van der Waals surface area contributed by atoms with Crippen molar-refractivity contribution in [1.29, 1.82) is 0 Å². The molecule has 0 aromatic heterocycles. The first-order valence-corrected chi connectivity index (χ1v) is 6.17. The van der Waals surface area contributed by atoms with Gasteiger partial charge in [-0.25, -0.2) is 0 Å². The smallest absolute Gasteiger partial charge is 0.231 e. The summed E-state index contributed by atoms with van der Waals surface area (Å²) in [5.74, 6) is 1.33. The summed E-state index contributed by atoms with van der Waals surface area (Å²) in [5, 5.41) is 0. The second kappa shape index (κ2) is 6.99. The quantitative estimate of drug-likeness (QED) is 0.798. The third kappa shape index (κ3) is 4.13. The van der Waals surface area contributed by atoms with E-state index in [0.29, 0.717) is 0 Å². The monoisotopic (exact) mass is 266 g/mol. The molecule has 0 spiro atoms. The van der Waals surface area contributed by atoms with Crippen molar-refractivity contribution in [2.75, 3.05) is 34.4 Å². The van der Waals surface area contributed by atoms with Crippen molar-refractivity contribution in [2.24, 2.45) is 5.73 Å². The van der Waals surface area contributed by atoms with E-state index in [4.69, 9.17) is 15.2 Å². The minimum Gasteiger partial charge on any atom is -0.496 e. The lowest BCUT2D eigenvalue weighted by molar-refractivity contribution is -0.118. The van der Waals surface area contributed by atoms with E-state index in [9.17, 15) is 4.79 Å². The van der Waals surface area contributed by atoms with E-state index in [0.717, 1.165) is 35.6 Å². The van der Waals surface area contributed by atoms with Crippen molar-refractivity contribution in [3.8, 4) is 11.5 Å². The molecule has 0 aliphatic heterocycles. The lowest BCUT2D eigenvalue weighted by atomic mass is 10.1. The number of nitrogens with two attached hydrogens (primary N) is 1. The maximum absolute atomic E-state index is 10.8. The molecule has 0 fully saturated rings. The van der Waals surface area contributed by atoms with Gasteiger partial charge in [-0.05, 0) is 32.0 Å². The van der Waals surface area contributed by atoms with E-state index in [1.54, 1.807) is 14.2 Å². The van der Waals surface area contributed by atoms with Crippen molar-refractivity contribution >= 4 is 5.91 Å². The fraction of sp³-hybridized carbons (Fsp3) is 0.500. The minimum absolute atomic E-state index is 0.261. The molecule has 0 aliphatic rings. The number of primary amides is 1. The number of benzene rings is 1.